The van der Waals surface area contributed by atoms with Crippen LogP contribution in [0.25, 0.3) is 0 Å². The molecule has 0 spiro atoms. The Morgan fingerprint density at radius 3 is 2.24 bits per heavy atom. The summed E-state index contributed by atoms with van der Waals surface area (Å²) < 4.78 is 0. The molecule has 104 valence electrons. The summed E-state index contributed by atoms with van der Waals surface area (Å²) in [5, 5.41) is 6.05. The van der Waals surface area contributed by atoms with Crippen LogP contribution >= 0.6 is 0 Å². The fourth-order valence-electron chi connectivity index (χ4n) is 2.43. The molecule has 0 fully saturated rings. The Kier molecular flexibility index (Phi) is 3.65. The van der Waals surface area contributed by atoms with Crippen LogP contribution in [0.1, 0.15) is 12.5 Å². The second kappa shape index (κ2) is 5.75. The van der Waals surface area contributed by atoms with Crippen LogP contribution in [-0.4, -0.2) is 11.6 Å². The third kappa shape index (κ3) is 2.50. The zero-order valence-electron chi connectivity index (χ0n) is 11.8. The van der Waals surface area contributed by atoms with Crippen molar-refractivity contribution in [1.29, 1.82) is 0 Å². The van der Waals surface area contributed by atoms with E-state index in [0.29, 0.717) is 0 Å². The standard InChI is InChI=1S/C18H16N2O/c1-2-9-16-17(14-10-5-3-6-11-14)19-20(18(16)21)15-12-7-4-8-13-15/h2-13,16H,1H3/b9-2+. The van der Waals surface area contributed by atoms with Crippen molar-refractivity contribution < 1.29 is 4.79 Å². The first-order valence-corrected chi connectivity index (χ1v) is 6.97. The molecule has 3 rings (SSSR count). The highest BCUT2D eigenvalue weighted by Gasteiger charge is 2.35. The first kappa shape index (κ1) is 13.3. The number of hydrazone groups is 1. The number of carbonyl (C=O) groups is 1. The van der Waals surface area contributed by atoms with E-state index in [1.165, 1.54) is 5.01 Å². The Bertz CT molecular complexity index is 690. The topological polar surface area (TPSA) is 32.7 Å². The summed E-state index contributed by atoms with van der Waals surface area (Å²) >= 11 is 0. The van der Waals surface area contributed by atoms with Gasteiger partial charge in [-0.25, -0.2) is 0 Å². The maximum atomic E-state index is 12.6. The first-order chi connectivity index (χ1) is 10.3. The summed E-state index contributed by atoms with van der Waals surface area (Å²) in [6.07, 6.45) is 3.80. The van der Waals surface area contributed by atoms with Crippen molar-refractivity contribution in [3.8, 4) is 0 Å². The van der Waals surface area contributed by atoms with Crippen LogP contribution in [0, 0.1) is 5.92 Å². The Hall–Kier alpha value is -2.68. The summed E-state index contributed by atoms with van der Waals surface area (Å²) in [5.41, 5.74) is 2.57. The molecule has 0 N–H and O–H groups in total. The molecule has 1 atom stereocenters. The number of para-hydroxylation sites is 1. The highest BCUT2D eigenvalue weighted by atomic mass is 16.2. The number of allylic oxidation sites excluding steroid dienone is 1. The van der Waals surface area contributed by atoms with Crippen molar-refractivity contribution in [2.45, 2.75) is 6.92 Å². The van der Waals surface area contributed by atoms with Crippen molar-refractivity contribution >= 4 is 17.3 Å². The van der Waals surface area contributed by atoms with Crippen LogP contribution in [0.2, 0.25) is 0 Å². The number of carbonyl (C=O) groups excluding carboxylic acids is 1. The van der Waals surface area contributed by atoms with Crippen molar-refractivity contribution in [3.05, 3.63) is 78.4 Å². The minimum Gasteiger partial charge on any atom is -0.271 e. The van der Waals surface area contributed by atoms with E-state index in [-0.39, 0.29) is 11.8 Å². The number of anilines is 1. The number of hydrogen-bond acceptors (Lipinski definition) is 2. The number of rotatable bonds is 3. The van der Waals surface area contributed by atoms with Crippen molar-refractivity contribution in [2.75, 3.05) is 5.01 Å². The van der Waals surface area contributed by atoms with Gasteiger partial charge in [-0.15, -0.1) is 0 Å². The predicted octanol–water partition coefficient (Wildman–Crippen LogP) is 3.63. The predicted molar refractivity (Wildman–Crippen MR) is 85.2 cm³/mol. The Morgan fingerprint density at radius 1 is 1.00 bits per heavy atom. The lowest BCUT2D eigenvalue weighted by atomic mass is 9.96. The lowest BCUT2D eigenvalue weighted by Crippen LogP contribution is -2.26. The van der Waals surface area contributed by atoms with Gasteiger partial charge < -0.3 is 0 Å². The van der Waals surface area contributed by atoms with E-state index < -0.39 is 0 Å². The molecular formula is C18H16N2O. The van der Waals surface area contributed by atoms with Crippen LogP contribution < -0.4 is 5.01 Å². The molecule has 1 unspecified atom stereocenters. The lowest BCUT2D eigenvalue weighted by molar-refractivity contribution is -0.118. The van der Waals surface area contributed by atoms with Gasteiger partial charge in [-0.05, 0) is 24.6 Å². The van der Waals surface area contributed by atoms with Gasteiger partial charge in [0.05, 0.1) is 11.4 Å². The van der Waals surface area contributed by atoms with Gasteiger partial charge in [0.2, 0.25) is 0 Å². The number of nitrogens with zero attached hydrogens (tertiary/aromatic N) is 2. The third-order valence-corrected chi connectivity index (χ3v) is 3.43. The van der Waals surface area contributed by atoms with Gasteiger partial charge in [0.1, 0.15) is 5.92 Å². The van der Waals surface area contributed by atoms with Gasteiger partial charge in [0.25, 0.3) is 5.91 Å². The quantitative estimate of drug-likeness (QED) is 0.788. The zero-order valence-corrected chi connectivity index (χ0v) is 11.8. The lowest BCUT2D eigenvalue weighted by Gasteiger charge is -2.12. The van der Waals surface area contributed by atoms with E-state index in [4.69, 9.17) is 0 Å². The summed E-state index contributed by atoms with van der Waals surface area (Å²) in [6.45, 7) is 1.92. The van der Waals surface area contributed by atoms with Gasteiger partial charge in [0.15, 0.2) is 0 Å². The molecule has 0 aromatic heterocycles. The van der Waals surface area contributed by atoms with E-state index in [1.807, 2.05) is 79.7 Å². The van der Waals surface area contributed by atoms with Crippen LogP contribution in [0.5, 0.6) is 0 Å². The number of hydrogen-bond donors (Lipinski definition) is 0. The summed E-state index contributed by atoms with van der Waals surface area (Å²) in [7, 11) is 0. The largest absolute Gasteiger partial charge is 0.271 e. The van der Waals surface area contributed by atoms with Gasteiger partial charge >= 0.3 is 0 Å². The number of benzene rings is 2. The van der Waals surface area contributed by atoms with Gasteiger partial charge in [0, 0.05) is 0 Å². The average molecular weight is 276 g/mol. The summed E-state index contributed by atoms with van der Waals surface area (Å²) in [5.74, 6) is -0.337. The van der Waals surface area contributed by atoms with Crippen molar-refractivity contribution in [3.63, 3.8) is 0 Å². The molecule has 2 aromatic rings. The molecule has 3 heteroatoms. The molecule has 0 bridgehead atoms. The minimum absolute atomic E-state index is 0.0156. The molecule has 1 aliphatic heterocycles. The van der Waals surface area contributed by atoms with E-state index in [9.17, 15) is 4.79 Å². The zero-order chi connectivity index (χ0) is 14.7. The molecule has 2 aromatic carbocycles. The Morgan fingerprint density at radius 2 is 1.62 bits per heavy atom. The normalized spacial score (nSPS) is 18.3. The second-order valence-electron chi connectivity index (χ2n) is 4.84. The third-order valence-electron chi connectivity index (χ3n) is 3.43. The fraction of sp³-hybridized carbons (Fsp3) is 0.111. The maximum absolute atomic E-state index is 12.6. The molecular weight excluding hydrogens is 260 g/mol. The average Bonchev–Trinajstić information content (AvgIpc) is 2.87. The van der Waals surface area contributed by atoms with Crippen LogP contribution in [0.3, 0.4) is 0 Å². The van der Waals surface area contributed by atoms with E-state index >= 15 is 0 Å². The van der Waals surface area contributed by atoms with Crippen LogP contribution in [0.15, 0.2) is 77.9 Å². The highest BCUT2D eigenvalue weighted by molar-refractivity contribution is 6.22. The van der Waals surface area contributed by atoms with Gasteiger partial charge in [-0.3, -0.25) is 4.79 Å². The molecule has 3 nitrogen and oxygen atoms in total. The van der Waals surface area contributed by atoms with E-state index in [0.717, 1.165) is 17.0 Å². The van der Waals surface area contributed by atoms with E-state index in [2.05, 4.69) is 5.10 Å². The van der Waals surface area contributed by atoms with Crippen LogP contribution in [0.4, 0.5) is 5.69 Å². The smallest absolute Gasteiger partial charge is 0.260 e. The van der Waals surface area contributed by atoms with Gasteiger partial charge in [-0.1, -0.05) is 60.7 Å². The Labute approximate surface area is 124 Å². The Balaban J connectivity index is 2.05. The van der Waals surface area contributed by atoms with E-state index in [1.54, 1.807) is 0 Å². The molecule has 0 aliphatic carbocycles. The maximum Gasteiger partial charge on any atom is 0.260 e. The molecule has 0 saturated carbocycles. The fourth-order valence-corrected chi connectivity index (χ4v) is 2.43. The summed E-state index contributed by atoms with van der Waals surface area (Å²) in [6, 6.07) is 19.4. The molecule has 0 radical (unpaired) electrons. The first-order valence-electron chi connectivity index (χ1n) is 6.97. The highest BCUT2D eigenvalue weighted by Crippen LogP contribution is 2.27. The van der Waals surface area contributed by atoms with Gasteiger partial charge in [-0.2, -0.15) is 10.1 Å². The minimum atomic E-state index is -0.322. The molecule has 1 amide bonds. The van der Waals surface area contributed by atoms with Crippen molar-refractivity contribution in [1.82, 2.24) is 0 Å². The van der Waals surface area contributed by atoms with Crippen LogP contribution in [-0.2, 0) is 4.79 Å². The molecule has 21 heavy (non-hydrogen) atoms. The molecule has 0 saturated heterocycles. The SMILES string of the molecule is C/C=C/C1C(=O)N(c2ccccc2)N=C1c1ccccc1. The summed E-state index contributed by atoms with van der Waals surface area (Å²) in [4.78, 5) is 12.6. The number of amides is 1. The van der Waals surface area contributed by atoms with Crippen molar-refractivity contribution in [2.24, 2.45) is 11.0 Å². The second-order valence-corrected chi connectivity index (χ2v) is 4.84. The monoisotopic (exact) mass is 276 g/mol. The molecule has 1 aliphatic rings. The molecule has 1 heterocycles.